The molecule has 0 aliphatic carbocycles. The molecule has 1 aromatic carbocycles. The Balaban J connectivity index is 2.08. The Hall–Kier alpha value is -0.470. The lowest BCUT2D eigenvalue weighted by molar-refractivity contribution is -0.434. The SMILES string of the molecule is CC1(C)C=[N+](CCCCS(=O)(=O)O)c2ccc(I)cc21. The van der Waals surface area contributed by atoms with E-state index in [1.54, 1.807) is 0 Å². The van der Waals surface area contributed by atoms with Gasteiger partial charge in [-0.2, -0.15) is 8.42 Å². The van der Waals surface area contributed by atoms with Gasteiger partial charge in [0.05, 0.1) is 11.2 Å². The Labute approximate surface area is 133 Å². The zero-order valence-corrected chi connectivity index (χ0v) is 14.6. The summed E-state index contributed by atoms with van der Waals surface area (Å²) in [5, 5.41) is 0. The van der Waals surface area contributed by atoms with Gasteiger partial charge in [-0.3, -0.25) is 4.55 Å². The van der Waals surface area contributed by atoms with Gasteiger partial charge in [0.15, 0.2) is 6.21 Å². The van der Waals surface area contributed by atoms with Crippen molar-refractivity contribution in [3.63, 3.8) is 0 Å². The summed E-state index contributed by atoms with van der Waals surface area (Å²) in [6.45, 7) is 5.13. The predicted octanol–water partition coefficient (Wildman–Crippen LogP) is 2.97. The first kappa shape index (κ1) is 15.9. The van der Waals surface area contributed by atoms with Crippen LogP contribution >= 0.6 is 22.6 Å². The summed E-state index contributed by atoms with van der Waals surface area (Å²) < 4.78 is 33.5. The second-order valence-corrected chi connectivity index (χ2v) is 8.52. The van der Waals surface area contributed by atoms with Crippen LogP contribution in [0.25, 0.3) is 0 Å². The van der Waals surface area contributed by atoms with Crippen molar-refractivity contribution >= 4 is 44.6 Å². The van der Waals surface area contributed by atoms with Crippen LogP contribution in [0.1, 0.15) is 32.3 Å². The maximum atomic E-state index is 10.7. The molecule has 6 heteroatoms. The number of unbranched alkanes of at least 4 members (excludes halogenated alkanes) is 1. The van der Waals surface area contributed by atoms with Gasteiger partial charge in [-0.15, -0.1) is 0 Å². The number of rotatable bonds is 5. The molecule has 1 aliphatic heterocycles. The maximum absolute atomic E-state index is 10.7. The quantitative estimate of drug-likeness (QED) is 0.353. The van der Waals surface area contributed by atoms with Gasteiger partial charge in [0.1, 0.15) is 6.54 Å². The second kappa shape index (κ2) is 5.73. The van der Waals surface area contributed by atoms with Crippen LogP contribution in [0.15, 0.2) is 18.2 Å². The van der Waals surface area contributed by atoms with Crippen LogP contribution in [-0.2, 0) is 15.5 Å². The minimum Gasteiger partial charge on any atom is -0.286 e. The summed E-state index contributed by atoms with van der Waals surface area (Å²) >= 11 is 2.31. The van der Waals surface area contributed by atoms with Crippen LogP contribution in [0.3, 0.4) is 0 Å². The van der Waals surface area contributed by atoms with Crippen molar-refractivity contribution < 1.29 is 17.5 Å². The fourth-order valence-electron chi connectivity index (χ4n) is 2.56. The molecule has 0 saturated heterocycles. The molecule has 1 heterocycles. The zero-order chi connectivity index (χ0) is 15.0. The number of hydrogen-bond acceptors (Lipinski definition) is 2. The highest BCUT2D eigenvalue weighted by Gasteiger charge is 2.36. The Bertz CT molecular complexity index is 650. The topological polar surface area (TPSA) is 57.4 Å². The number of halogens is 1. The molecule has 0 atom stereocenters. The molecule has 0 unspecified atom stereocenters. The molecule has 110 valence electrons. The molecule has 0 spiro atoms. The molecular formula is C14H19INO3S+. The van der Waals surface area contributed by atoms with Gasteiger partial charge in [0.2, 0.25) is 5.69 Å². The average Bonchev–Trinajstić information content (AvgIpc) is 2.55. The van der Waals surface area contributed by atoms with Crippen LogP contribution < -0.4 is 0 Å². The van der Waals surface area contributed by atoms with Crippen LogP contribution in [0.2, 0.25) is 0 Å². The Kier molecular flexibility index (Phi) is 4.56. The Morgan fingerprint density at radius 1 is 1.30 bits per heavy atom. The lowest BCUT2D eigenvalue weighted by atomic mass is 9.87. The van der Waals surface area contributed by atoms with E-state index in [4.69, 9.17) is 4.55 Å². The normalized spacial score (nSPS) is 16.9. The molecule has 4 nitrogen and oxygen atoms in total. The summed E-state index contributed by atoms with van der Waals surface area (Å²) in [4.78, 5) is 0. The van der Waals surface area contributed by atoms with E-state index in [9.17, 15) is 8.42 Å². The first-order valence-corrected chi connectivity index (χ1v) is 9.26. The van der Waals surface area contributed by atoms with Crippen molar-refractivity contribution in [3.8, 4) is 0 Å². The van der Waals surface area contributed by atoms with E-state index < -0.39 is 10.1 Å². The van der Waals surface area contributed by atoms with E-state index in [1.807, 2.05) is 0 Å². The van der Waals surface area contributed by atoms with Gasteiger partial charge < -0.3 is 0 Å². The molecule has 0 bridgehead atoms. The molecule has 1 N–H and O–H groups in total. The monoisotopic (exact) mass is 408 g/mol. The van der Waals surface area contributed by atoms with Crippen molar-refractivity contribution in [2.24, 2.45) is 0 Å². The molecular weight excluding hydrogens is 389 g/mol. The fourth-order valence-corrected chi connectivity index (χ4v) is 3.62. The van der Waals surface area contributed by atoms with E-state index in [0.29, 0.717) is 6.42 Å². The summed E-state index contributed by atoms with van der Waals surface area (Å²) in [7, 11) is -3.84. The van der Waals surface area contributed by atoms with Crippen molar-refractivity contribution in [1.29, 1.82) is 0 Å². The second-order valence-electron chi connectivity index (χ2n) is 5.70. The van der Waals surface area contributed by atoms with Crippen LogP contribution in [0, 0.1) is 3.57 Å². The standard InChI is InChI=1S/C14H18INO3S/c1-14(2)10-16(7-3-4-8-20(17,18)19)13-6-5-11(15)9-12(13)14/h5-6,9-10H,3-4,7-8H2,1-2H3/p+1. The van der Waals surface area contributed by atoms with E-state index in [2.05, 4.69) is 65.4 Å². The number of hydrogen-bond donors (Lipinski definition) is 1. The molecule has 1 aliphatic rings. The van der Waals surface area contributed by atoms with Gasteiger partial charge in [0, 0.05) is 21.6 Å². The molecule has 0 fully saturated rings. The smallest absolute Gasteiger partial charge is 0.264 e. The van der Waals surface area contributed by atoms with E-state index in [1.165, 1.54) is 14.8 Å². The molecule has 2 rings (SSSR count). The first-order chi connectivity index (χ1) is 9.19. The first-order valence-electron chi connectivity index (χ1n) is 6.57. The fraction of sp³-hybridized carbons (Fsp3) is 0.500. The van der Waals surface area contributed by atoms with Crippen LogP contribution in [0.5, 0.6) is 0 Å². The number of benzene rings is 1. The van der Waals surface area contributed by atoms with Crippen molar-refractivity contribution in [2.45, 2.75) is 32.1 Å². The number of fused-ring (bicyclic) bond motifs is 1. The van der Waals surface area contributed by atoms with Crippen molar-refractivity contribution in [2.75, 3.05) is 12.3 Å². The Morgan fingerprint density at radius 2 is 2.00 bits per heavy atom. The van der Waals surface area contributed by atoms with Crippen molar-refractivity contribution in [3.05, 3.63) is 27.3 Å². The number of nitrogens with zero attached hydrogens (tertiary/aromatic N) is 1. The predicted molar refractivity (Wildman–Crippen MR) is 88.7 cm³/mol. The lowest BCUT2D eigenvalue weighted by Gasteiger charge is -2.10. The highest BCUT2D eigenvalue weighted by atomic mass is 127. The lowest BCUT2D eigenvalue weighted by Crippen LogP contribution is -2.17. The van der Waals surface area contributed by atoms with Gasteiger partial charge >= 0.3 is 0 Å². The average molecular weight is 408 g/mol. The van der Waals surface area contributed by atoms with Gasteiger partial charge in [-0.1, -0.05) is 0 Å². The van der Waals surface area contributed by atoms with Crippen molar-refractivity contribution in [1.82, 2.24) is 0 Å². The molecule has 1 aromatic rings. The van der Waals surface area contributed by atoms with Gasteiger partial charge in [-0.05, 0) is 55.0 Å². The van der Waals surface area contributed by atoms with Gasteiger partial charge in [-0.25, -0.2) is 4.58 Å². The van der Waals surface area contributed by atoms with Crippen LogP contribution in [-0.4, -0.2) is 36.1 Å². The van der Waals surface area contributed by atoms with E-state index >= 15 is 0 Å². The zero-order valence-electron chi connectivity index (χ0n) is 11.6. The highest BCUT2D eigenvalue weighted by Crippen LogP contribution is 2.36. The molecule has 0 aromatic heterocycles. The Morgan fingerprint density at radius 3 is 2.65 bits per heavy atom. The van der Waals surface area contributed by atoms with E-state index in [0.717, 1.165) is 13.0 Å². The molecule has 0 amide bonds. The summed E-state index contributed by atoms with van der Waals surface area (Å²) in [5.41, 5.74) is 2.50. The molecule has 0 saturated carbocycles. The summed E-state index contributed by atoms with van der Waals surface area (Å²) in [6, 6.07) is 6.40. The minimum absolute atomic E-state index is 0.000427. The molecule has 0 radical (unpaired) electrons. The minimum atomic E-state index is -3.84. The summed E-state index contributed by atoms with van der Waals surface area (Å²) in [5.74, 6) is -0.163. The van der Waals surface area contributed by atoms with Gasteiger partial charge in [0.25, 0.3) is 10.1 Å². The molecule has 20 heavy (non-hydrogen) atoms. The maximum Gasteiger partial charge on any atom is 0.264 e. The third-order valence-electron chi connectivity index (χ3n) is 3.49. The van der Waals surface area contributed by atoms with Crippen LogP contribution in [0.4, 0.5) is 5.69 Å². The van der Waals surface area contributed by atoms with E-state index in [-0.39, 0.29) is 11.2 Å². The third kappa shape index (κ3) is 3.79. The third-order valence-corrected chi connectivity index (χ3v) is 4.97. The summed E-state index contributed by atoms with van der Waals surface area (Å²) in [6.07, 6.45) is 3.41. The largest absolute Gasteiger partial charge is 0.286 e. The highest BCUT2D eigenvalue weighted by molar-refractivity contribution is 14.1.